The summed E-state index contributed by atoms with van der Waals surface area (Å²) in [7, 11) is -3.24. The predicted molar refractivity (Wildman–Crippen MR) is 133 cm³/mol. The van der Waals surface area contributed by atoms with Gasteiger partial charge in [0.25, 0.3) is 0 Å². The molecule has 3 aromatic rings. The van der Waals surface area contributed by atoms with E-state index < -0.39 is 15.3 Å². The maximum atomic E-state index is 13.4. The van der Waals surface area contributed by atoms with Crippen LogP contribution < -0.4 is 4.74 Å². The summed E-state index contributed by atoms with van der Waals surface area (Å²) in [4.78, 5) is 30.7. The Labute approximate surface area is 206 Å². The molecule has 35 heavy (non-hydrogen) atoms. The molecule has 0 aliphatic heterocycles. The molecule has 1 fully saturated rings. The van der Waals surface area contributed by atoms with Crippen molar-refractivity contribution in [2.45, 2.75) is 63.4 Å². The van der Waals surface area contributed by atoms with Crippen LogP contribution in [0.4, 0.5) is 0 Å². The van der Waals surface area contributed by atoms with Gasteiger partial charge in [0.15, 0.2) is 9.84 Å². The van der Waals surface area contributed by atoms with Crippen LogP contribution in [0.15, 0.2) is 42.9 Å². The molecule has 4 rings (SSSR count). The number of carbonyl (C=O) groups excluding carboxylic acids is 1. The number of hydrogen-bond donors (Lipinski definition) is 0. The molecule has 9 heteroatoms. The number of benzene rings is 1. The van der Waals surface area contributed by atoms with Crippen LogP contribution in [0.5, 0.6) is 5.88 Å². The summed E-state index contributed by atoms with van der Waals surface area (Å²) < 4.78 is 30.2. The molecule has 0 unspecified atom stereocenters. The minimum Gasteiger partial charge on any atom is -0.477 e. The molecule has 0 radical (unpaired) electrons. The third-order valence-electron chi connectivity index (χ3n) is 6.19. The molecule has 1 aromatic carbocycles. The van der Waals surface area contributed by atoms with Gasteiger partial charge in [-0.2, -0.15) is 0 Å². The fourth-order valence-electron chi connectivity index (χ4n) is 3.94. The minimum atomic E-state index is -3.24. The second kappa shape index (κ2) is 9.81. The van der Waals surface area contributed by atoms with Crippen molar-refractivity contribution >= 4 is 15.6 Å². The third-order valence-corrected chi connectivity index (χ3v) is 8.34. The number of sulfone groups is 1. The van der Waals surface area contributed by atoms with Crippen molar-refractivity contribution in [3.05, 3.63) is 65.5 Å². The quantitative estimate of drug-likeness (QED) is 0.418. The average molecular weight is 495 g/mol. The molecule has 0 spiro atoms. The zero-order valence-corrected chi connectivity index (χ0v) is 21.3. The van der Waals surface area contributed by atoms with Crippen molar-refractivity contribution in [3.8, 4) is 17.1 Å². The number of Topliss-reactive ketones (excluding diaryl/α,β-unsaturated/α-hetero) is 1. The number of aryl methyl sites for hydroxylation is 1. The Bertz CT molecular complexity index is 1330. The van der Waals surface area contributed by atoms with Crippen molar-refractivity contribution in [1.29, 1.82) is 0 Å². The zero-order valence-electron chi connectivity index (χ0n) is 20.5. The summed E-state index contributed by atoms with van der Waals surface area (Å²) in [5.74, 6) is 0.513. The van der Waals surface area contributed by atoms with Crippen molar-refractivity contribution < 1.29 is 17.9 Å². The molecule has 1 saturated carbocycles. The molecule has 2 heterocycles. The first-order chi connectivity index (χ1) is 16.6. The van der Waals surface area contributed by atoms with E-state index in [9.17, 15) is 13.2 Å². The van der Waals surface area contributed by atoms with E-state index in [1.165, 1.54) is 0 Å². The molecular weight excluding hydrogens is 464 g/mol. The van der Waals surface area contributed by atoms with Gasteiger partial charge in [-0.25, -0.2) is 23.4 Å². The van der Waals surface area contributed by atoms with Crippen LogP contribution in [-0.4, -0.2) is 46.0 Å². The normalized spacial score (nSPS) is 14.1. The van der Waals surface area contributed by atoms with Gasteiger partial charge < -0.3 is 4.74 Å². The van der Waals surface area contributed by atoms with E-state index in [-0.39, 0.29) is 29.0 Å². The Hall–Kier alpha value is -3.20. The SMILES string of the molecule is CCOc1cncc(-c2ccc(CC(=O)C(C)(C)c3nc(CS(=O)(=O)C4CC4)ncc3C)cc2)n1. The third kappa shape index (κ3) is 5.73. The number of rotatable bonds is 10. The number of hydrogen-bond acceptors (Lipinski definition) is 8. The van der Waals surface area contributed by atoms with E-state index in [0.29, 0.717) is 36.7 Å². The van der Waals surface area contributed by atoms with Gasteiger partial charge in [-0.1, -0.05) is 24.3 Å². The molecule has 0 atom stereocenters. The van der Waals surface area contributed by atoms with Gasteiger partial charge in [0.2, 0.25) is 5.88 Å². The molecule has 0 saturated heterocycles. The maximum Gasteiger partial charge on any atom is 0.232 e. The molecule has 184 valence electrons. The van der Waals surface area contributed by atoms with Crippen LogP contribution in [0, 0.1) is 6.92 Å². The smallest absolute Gasteiger partial charge is 0.232 e. The number of ether oxygens (including phenoxy) is 1. The standard InChI is InChI=1S/C26H30N4O4S/c1-5-34-24-15-27-14-21(29-24)19-8-6-18(7-9-19)12-22(31)26(3,4)25-17(2)13-28-23(30-25)16-35(32,33)20-10-11-20/h6-9,13-15,20H,5,10-12,16H2,1-4H3. The van der Waals surface area contributed by atoms with Gasteiger partial charge in [0, 0.05) is 18.2 Å². The lowest BCUT2D eigenvalue weighted by Crippen LogP contribution is -2.33. The summed E-state index contributed by atoms with van der Waals surface area (Å²) in [5, 5.41) is -0.277. The number of ketones is 1. The van der Waals surface area contributed by atoms with Crippen molar-refractivity contribution in [3.63, 3.8) is 0 Å². The van der Waals surface area contributed by atoms with Crippen LogP contribution >= 0.6 is 0 Å². The molecule has 0 amide bonds. The topological polar surface area (TPSA) is 112 Å². The maximum absolute atomic E-state index is 13.4. The van der Waals surface area contributed by atoms with Gasteiger partial charge in [-0.15, -0.1) is 0 Å². The second-order valence-electron chi connectivity index (χ2n) is 9.42. The highest BCUT2D eigenvalue weighted by Crippen LogP contribution is 2.32. The van der Waals surface area contributed by atoms with E-state index in [0.717, 1.165) is 16.7 Å². The Morgan fingerprint density at radius 1 is 1.09 bits per heavy atom. The zero-order chi connectivity index (χ0) is 25.2. The van der Waals surface area contributed by atoms with E-state index in [1.807, 2.05) is 52.0 Å². The molecule has 0 N–H and O–H groups in total. The summed E-state index contributed by atoms with van der Waals surface area (Å²) in [6.07, 6.45) is 6.48. The highest BCUT2D eigenvalue weighted by molar-refractivity contribution is 7.91. The fourth-order valence-corrected chi connectivity index (χ4v) is 5.53. The summed E-state index contributed by atoms with van der Waals surface area (Å²) in [6, 6.07) is 7.62. The lowest BCUT2D eigenvalue weighted by molar-refractivity contribution is -0.123. The monoisotopic (exact) mass is 494 g/mol. The van der Waals surface area contributed by atoms with Gasteiger partial charge >= 0.3 is 0 Å². The van der Waals surface area contributed by atoms with Crippen LogP contribution in [0.2, 0.25) is 0 Å². The predicted octanol–water partition coefficient (Wildman–Crippen LogP) is 3.81. The van der Waals surface area contributed by atoms with Crippen LogP contribution in [0.3, 0.4) is 0 Å². The van der Waals surface area contributed by atoms with Gasteiger partial charge in [0.05, 0.1) is 41.1 Å². The average Bonchev–Trinajstić information content (AvgIpc) is 3.67. The molecule has 1 aliphatic rings. The molecular formula is C26H30N4O4S. The number of aromatic nitrogens is 4. The van der Waals surface area contributed by atoms with E-state index in [2.05, 4.69) is 19.9 Å². The largest absolute Gasteiger partial charge is 0.477 e. The highest BCUT2D eigenvalue weighted by atomic mass is 32.2. The lowest BCUT2D eigenvalue weighted by Gasteiger charge is -2.25. The Morgan fingerprint density at radius 2 is 1.80 bits per heavy atom. The molecule has 0 bridgehead atoms. The summed E-state index contributed by atoms with van der Waals surface area (Å²) >= 11 is 0. The van der Waals surface area contributed by atoms with Crippen LogP contribution in [0.25, 0.3) is 11.3 Å². The molecule has 2 aromatic heterocycles. The first-order valence-electron chi connectivity index (χ1n) is 11.7. The van der Waals surface area contributed by atoms with Gasteiger partial charge in [-0.05, 0) is 51.7 Å². The van der Waals surface area contributed by atoms with Crippen molar-refractivity contribution in [2.75, 3.05) is 6.61 Å². The van der Waals surface area contributed by atoms with Crippen LogP contribution in [0.1, 0.15) is 56.3 Å². The fraction of sp³-hybridized carbons (Fsp3) is 0.423. The van der Waals surface area contributed by atoms with E-state index >= 15 is 0 Å². The van der Waals surface area contributed by atoms with Crippen LogP contribution in [-0.2, 0) is 32.2 Å². The highest BCUT2D eigenvalue weighted by Gasteiger charge is 2.37. The van der Waals surface area contributed by atoms with Crippen molar-refractivity contribution in [2.24, 2.45) is 0 Å². The Kier molecular flexibility index (Phi) is 6.98. The second-order valence-corrected chi connectivity index (χ2v) is 11.7. The molecule has 1 aliphatic carbocycles. The summed E-state index contributed by atoms with van der Waals surface area (Å²) in [6.45, 7) is 7.90. The first kappa shape index (κ1) is 24.9. The lowest BCUT2D eigenvalue weighted by atomic mass is 9.80. The van der Waals surface area contributed by atoms with E-state index in [1.54, 1.807) is 18.6 Å². The van der Waals surface area contributed by atoms with Gasteiger partial charge in [0.1, 0.15) is 17.4 Å². The summed E-state index contributed by atoms with van der Waals surface area (Å²) in [5.41, 5.74) is 2.87. The number of nitrogens with zero attached hydrogens (tertiary/aromatic N) is 4. The first-order valence-corrected chi connectivity index (χ1v) is 13.4. The molecule has 8 nitrogen and oxygen atoms in total. The van der Waals surface area contributed by atoms with Crippen molar-refractivity contribution in [1.82, 2.24) is 19.9 Å². The van der Waals surface area contributed by atoms with E-state index in [4.69, 9.17) is 4.74 Å². The van der Waals surface area contributed by atoms with Gasteiger partial charge in [-0.3, -0.25) is 9.78 Å². The Morgan fingerprint density at radius 3 is 2.46 bits per heavy atom. The Balaban J connectivity index is 1.50. The number of carbonyl (C=O) groups is 1. The minimum absolute atomic E-state index is 0.0128.